The second-order valence-corrected chi connectivity index (χ2v) is 14.6. The van der Waals surface area contributed by atoms with E-state index in [1.165, 1.54) is 35.2 Å². The molecule has 4 atom stereocenters. The first-order valence-electron chi connectivity index (χ1n) is 16.5. The van der Waals surface area contributed by atoms with Gasteiger partial charge in [-0.25, -0.2) is 12.8 Å². The summed E-state index contributed by atoms with van der Waals surface area (Å²) in [6, 6.07) is 13.2. The zero-order chi connectivity index (χ0) is 36.6. The van der Waals surface area contributed by atoms with E-state index in [0.29, 0.717) is 31.7 Å². The maximum Gasteiger partial charge on any atom is 0.416 e. The Kier molecular flexibility index (Phi) is 13.3. The lowest BCUT2D eigenvalue weighted by atomic mass is 10.0. The molecule has 0 bridgehead atoms. The van der Waals surface area contributed by atoms with Crippen molar-refractivity contribution in [2.75, 3.05) is 38.1 Å². The van der Waals surface area contributed by atoms with Crippen molar-refractivity contribution in [1.82, 2.24) is 9.80 Å². The Morgan fingerprint density at radius 2 is 1.72 bits per heavy atom. The smallest absolute Gasteiger partial charge is 0.416 e. The van der Waals surface area contributed by atoms with Crippen LogP contribution in [0, 0.1) is 11.7 Å². The third-order valence-electron chi connectivity index (χ3n) is 8.65. The first-order valence-corrected chi connectivity index (χ1v) is 18.0. The van der Waals surface area contributed by atoms with Gasteiger partial charge < -0.3 is 19.5 Å². The average molecular weight is 724 g/mol. The van der Waals surface area contributed by atoms with Crippen molar-refractivity contribution < 1.29 is 45.4 Å². The van der Waals surface area contributed by atoms with Crippen molar-refractivity contribution in [2.24, 2.45) is 5.92 Å². The molecule has 1 amide bonds. The number of hydrogen-bond acceptors (Lipinski definition) is 7. The van der Waals surface area contributed by atoms with Crippen LogP contribution < -0.4 is 9.46 Å². The number of nitrogens with zero attached hydrogens (tertiary/aromatic N) is 2. The van der Waals surface area contributed by atoms with Crippen LogP contribution in [-0.2, 0) is 27.5 Å². The number of likely N-dealkylation sites (N-methyl/N-ethyl adjacent to an activating group) is 1. The number of halogens is 4. The normalized spacial score (nSPS) is 20.5. The quantitative estimate of drug-likeness (QED) is 0.241. The molecule has 14 heteroatoms. The highest BCUT2D eigenvalue weighted by atomic mass is 32.2. The van der Waals surface area contributed by atoms with Gasteiger partial charge in [0.25, 0.3) is 15.9 Å². The minimum absolute atomic E-state index is 0.0922. The number of aliphatic hydroxyl groups is 1. The van der Waals surface area contributed by atoms with Gasteiger partial charge in [-0.1, -0.05) is 19.1 Å². The number of carbonyl (C=O) groups is 1. The van der Waals surface area contributed by atoms with Crippen LogP contribution in [0.2, 0.25) is 0 Å². The molecule has 3 aromatic rings. The Morgan fingerprint density at radius 1 is 1.04 bits per heavy atom. The molecule has 0 saturated carbocycles. The third-order valence-corrected chi connectivity index (χ3v) is 10.1. The molecule has 9 nitrogen and oxygen atoms in total. The number of sulfonamides is 1. The number of carbonyl (C=O) groups excluding carboxylic acids is 1. The lowest BCUT2D eigenvalue weighted by Crippen LogP contribution is -2.47. The van der Waals surface area contributed by atoms with Crippen LogP contribution in [0.3, 0.4) is 0 Å². The lowest BCUT2D eigenvalue weighted by Gasteiger charge is -2.36. The largest absolute Gasteiger partial charge is 0.490 e. The monoisotopic (exact) mass is 723 g/mol. The highest BCUT2D eigenvalue weighted by molar-refractivity contribution is 7.92. The van der Waals surface area contributed by atoms with Crippen LogP contribution in [0.1, 0.15) is 61.5 Å². The molecule has 0 spiro atoms. The second-order valence-electron chi connectivity index (χ2n) is 13.0. The Balaban J connectivity index is 1.61. The van der Waals surface area contributed by atoms with E-state index in [4.69, 9.17) is 9.47 Å². The van der Waals surface area contributed by atoms with Gasteiger partial charge in [0.2, 0.25) is 0 Å². The zero-order valence-corrected chi connectivity index (χ0v) is 29.4. The number of anilines is 1. The highest BCUT2D eigenvalue weighted by Gasteiger charge is 2.32. The number of amides is 1. The van der Waals surface area contributed by atoms with Crippen molar-refractivity contribution >= 4 is 21.6 Å². The van der Waals surface area contributed by atoms with Crippen molar-refractivity contribution in [3.05, 3.63) is 89.2 Å². The van der Waals surface area contributed by atoms with Crippen molar-refractivity contribution in [1.29, 1.82) is 0 Å². The Labute approximate surface area is 291 Å². The van der Waals surface area contributed by atoms with Gasteiger partial charge >= 0.3 is 6.18 Å². The van der Waals surface area contributed by atoms with Crippen molar-refractivity contribution in [3.8, 4) is 5.75 Å². The molecule has 274 valence electrons. The van der Waals surface area contributed by atoms with Crippen LogP contribution in [0.5, 0.6) is 5.75 Å². The van der Waals surface area contributed by atoms with E-state index >= 15 is 0 Å². The number of benzene rings is 3. The summed E-state index contributed by atoms with van der Waals surface area (Å²) in [5.74, 6) is -1.07. The molecule has 1 heterocycles. The van der Waals surface area contributed by atoms with Gasteiger partial charge in [0.1, 0.15) is 11.6 Å². The average Bonchev–Trinajstić information content (AvgIpc) is 3.06. The number of rotatable bonds is 9. The molecular weight excluding hydrogens is 678 g/mol. The zero-order valence-electron chi connectivity index (χ0n) is 28.6. The molecular formula is C36H45F4N3O6S. The van der Waals surface area contributed by atoms with Crippen LogP contribution in [0.15, 0.2) is 71.6 Å². The molecule has 4 rings (SSSR count). The fraction of sp³-hybridized carbons (Fsp3) is 0.472. The number of hydrogen-bond donors (Lipinski definition) is 2. The molecule has 0 aromatic heterocycles. The topological polar surface area (TPSA) is 108 Å². The maximum atomic E-state index is 14.3. The highest BCUT2D eigenvalue weighted by Crippen LogP contribution is 2.31. The predicted molar refractivity (Wildman–Crippen MR) is 182 cm³/mol. The van der Waals surface area contributed by atoms with Crippen molar-refractivity contribution in [3.63, 3.8) is 0 Å². The van der Waals surface area contributed by atoms with E-state index in [1.807, 2.05) is 25.8 Å². The molecule has 0 aliphatic carbocycles. The number of fused-ring (bicyclic) bond motifs is 1. The van der Waals surface area contributed by atoms with E-state index in [1.54, 1.807) is 6.92 Å². The second kappa shape index (κ2) is 17.0. The molecule has 2 N–H and O–H groups in total. The molecule has 50 heavy (non-hydrogen) atoms. The molecule has 0 unspecified atom stereocenters. The molecule has 1 aliphatic rings. The fourth-order valence-corrected chi connectivity index (χ4v) is 6.81. The number of aliphatic hydroxyl groups excluding tert-OH is 1. The minimum Gasteiger partial charge on any atom is -0.490 e. The Hall–Kier alpha value is -3.72. The first-order chi connectivity index (χ1) is 23.6. The van der Waals surface area contributed by atoms with Crippen LogP contribution in [0.25, 0.3) is 0 Å². The van der Waals surface area contributed by atoms with Gasteiger partial charge in [-0.2, -0.15) is 13.2 Å². The summed E-state index contributed by atoms with van der Waals surface area (Å²) in [5, 5.41) is 10.2. The van der Waals surface area contributed by atoms with E-state index in [0.717, 1.165) is 49.2 Å². The fourth-order valence-electron chi connectivity index (χ4n) is 5.76. The first kappa shape index (κ1) is 39.1. The van der Waals surface area contributed by atoms with E-state index in [9.17, 15) is 35.9 Å². The molecule has 0 saturated heterocycles. The molecule has 0 radical (unpaired) electrons. The van der Waals surface area contributed by atoms with Crippen molar-refractivity contribution in [2.45, 2.75) is 75.9 Å². The Morgan fingerprint density at radius 3 is 2.36 bits per heavy atom. The summed E-state index contributed by atoms with van der Waals surface area (Å²) in [4.78, 5) is 17.6. The van der Waals surface area contributed by atoms with Gasteiger partial charge in [0.05, 0.1) is 40.9 Å². The van der Waals surface area contributed by atoms with Gasteiger partial charge in [-0.3, -0.25) is 14.4 Å². The molecule has 1 aliphatic heterocycles. The minimum atomic E-state index is -4.42. The summed E-state index contributed by atoms with van der Waals surface area (Å²) < 4.78 is 93.8. The molecule has 0 fully saturated rings. The molecule has 3 aromatic carbocycles. The number of nitrogens with one attached hydrogen (secondary N) is 1. The van der Waals surface area contributed by atoms with Gasteiger partial charge in [0.15, 0.2) is 0 Å². The lowest BCUT2D eigenvalue weighted by molar-refractivity contribution is -0.137. The summed E-state index contributed by atoms with van der Waals surface area (Å²) >= 11 is 0. The van der Waals surface area contributed by atoms with E-state index in [2.05, 4.69) is 4.72 Å². The summed E-state index contributed by atoms with van der Waals surface area (Å²) in [7, 11) is -2.27. The maximum absolute atomic E-state index is 14.3. The van der Waals surface area contributed by atoms with Gasteiger partial charge in [0, 0.05) is 37.8 Å². The van der Waals surface area contributed by atoms with Crippen LogP contribution in [0.4, 0.5) is 23.2 Å². The third kappa shape index (κ3) is 10.6. The van der Waals surface area contributed by atoms with Gasteiger partial charge in [-0.15, -0.1) is 0 Å². The number of alkyl halides is 3. The van der Waals surface area contributed by atoms with Crippen LogP contribution >= 0.6 is 0 Å². The summed E-state index contributed by atoms with van der Waals surface area (Å²) in [5.41, 5.74) is 0.178. The SMILES string of the molecule is C[C@H]1CCCCO[C@H](CN(C)Cc2ccc(C(F)(F)F)cc2)[C@@H](C)CN([C@@H](C)CO)C(=O)c2cc(NS(=O)(=O)c3ccc(F)cc3)ccc2O1. The van der Waals surface area contributed by atoms with E-state index in [-0.39, 0.29) is 53.2 Å². The number of ether oxygens (including phenoxy) is 2. The van der Waals surface area contributed by atoms with Crippen LogP contribution in [-0.4, -0.2) is 80.8 Å². The summed E-state index contributed by atoms with van der Waals surface area (Å²) in [6.45, 7) is 6.57. The summed E-state index contributed by atoms with van der Waals surface area (Å²) in [6.07, 6.45) is -2.91. The standard InChI is InChI=1S/C36H45F4N3O6S/c1-24-20-43(25(2)23-44)35(45)32-19-30(41-50(46,47)31-15-12-29(37)13-16-31)14-17-33(32)49-26(3)7-5-6-18-48-34(24)22-42(4)21-27-8-10-28(11-9-27)36(38,39)40/h8-17,19,24-26,34,41,44H,5-7,18,20-23H2,1-4H3/t24-,25-,26-,34+/m0/s1. The predicted octanol–water partition coefficient (Wildman–Crippen LogP) is 6.57. The van der Waals surface area contributed by atoms with E-state index < -0.39 is 39.5 Å². The Bertz CT molecular complexity index is 1670. The van der Waals surface area contributed by atoms with Gasteiger partial charge in [-0.05, 0) is 100 Å².